The normalized spacial score (nSPS) is 10.9. The van der Waals surface area contributed by atoms with Gasteiger partial charge in [0.25, 0.3) is 0 Å². The molecule has 3 rings (SSSR count). The van der Waals surface area contributed by atoms with Crippen LogP contribution in [0.5, 0.6) is 0 Å². The number of H-pyrrole nitrogens is 1. The number of fused-ring (bicyclic) bond motifs is 1. The molecule has 0 saturated carbocycles. The summed E-state index contributed by atoms with van der Waals surface area (Å²) in [6.45, 7) is 3.83. The minimum atomic E-state index is 0.719. The first kappa shape index (κ1) is 9.89. The van der Waals surface area contributed by atoms with Gasteiger partial charge in [-0.2, -0.15) is 10.2 Å². The van der Waals surface area contributed by atoms with Crippen LogP contribution in [0, 0.1) is 13.8 Å². The molecule has 5 nitrogen and oxygen atoms in total. The summed E-state index contributed by atoms with van der Waals surface area (Å²) in [6.07, 6.45) is 1.73. The summed E-state index contributed by atoms with van der Waals surface area (Å²) >= 11 is 0. The minimum Gasteiger partial charge on any atom is -0.337 e. The summed E-state index contributed by atoms with van der Waals surface area (Å²) < 4.78 is 0. The fraction of sp³-hybridized carbons (Fsp3) is 0.167. The summed E-state index contributed by atoms with van der Waals surface area (Å²) in [5.74, 6) is 0.786. The van der Waals surface area contributed by atoms with Gasteiger partial charge in [0.15, 0.2) is 5.65 Å². The Bertz CT molecular complexity index is 653. The average Bonchev–Trinajstić information content (AvgIpc) is 2.75. The quantitative estimate of drug-likeness (QED) is 0.688. The number of hydrogen-bond acceptors (Lipinski definition) is 4. The summed E-state index contributed by atoms with van der Waals surface area (Å²) in [7, 11) is 0. The van der Waals surface area contributed by atoms with Gasteiger partial charge in [-0.05, 0) is 32.0 Å². The number of aromatic amines is 1. The second kappa shape index (κ2) is 3.62. The molecule has 3 aromatic heterocycles. The topological polar surface area (TPSA) is 67.3 Å². The van der Waals surface area contributed by atoms with E-state index >= 15 is 0 Å². The molecule has 0 aliphatic carbocycles. The predicted octanol–water partition coefficient (Wildman–Crippen LogP) is 2.03. The summed E-state index contributed by atoms with van der Waals surface area (Å²) in [5.41, 5.74) is 4.34. The highest BCUT2D eigenvalue weighted by Gasteiger charge is 2.09. The molecule has 0 amide bonds. The Morgan fingerprint density at radius 1 is 1.18 bits per heavy atom. The molecule has 3 heterocycles. The molecule has 0 unspecified atom stereocenters. The second-order valence-electron chi connectivity index (χ2n) is 3.94. The fourth-order valence-electron chi connectivity index (χ4n) is 1.76. The van der Waals surface area contributed by atoms with E-state index in [2.05, 4.69) is 25.1 Å². The Labute approximate surface area is 98.0 Å². The van der Waals surface area contributed by atoms with Crippen LogP contribution in [0.3, 0.4) is 0 Å². The molecule has 0 atom stereocenters. The van der Waals surface area contributed by atoms with E-state index in [1.54, 1.807) is 6.20 Å². The fourth-order valence-corrected chi connectivity index (χ4v) is 1.76. The zero-order chi connectivity index (χ0) is 11.8. The highest BCUT2D eigenvalue weighted by molar-refractivity contribution is 5.76. The van der Waals surface area contributed by atoms with Gasteiger partial charge in [0.1, 0.15) is 5.82 Å². The van der Waals surface area contributed by atoms with Crippen LogP contribution in [-0.2, 0) is 0 Å². The molecule has 1 N–H and O–H groups in total. The van der Waals surface area contributed by atoms with Gasteiger partial charge in [0.05, 0.1) is 16.9 Å². The maximum absolute atomic E-state index is 4.45. The van der Waals surface area contributed by atoms with Crippen molar-refractivity contribution >= 4 is 11.2 Å². The molecule has 0 fully saturated rings. The molecular weight excluding hydrogens is 214 g/mol. The number of aromatic nitrogens is 5. The van der Waals surface area contributed by atoms with E-state index in [9.17, 15) is 0 Å². The van der Waals surface area contributed by atoms with Crippen molar-refractivity contribution in [1.82, 2.24) is 25.1 Å². The van der Waals surface area contributed by atoms with Gasteiger partial charge in [-0.15, -0.1) is 0 Å². The monoisotopic (exact) mass is 225 g/mol. The summed E-state index contributed by atoms with van der Waals surface area (Å²) in [6, 6.07) is 5.81. The van der Waals surface area contributed by atoms with E-state index in [-0.39, 0.29) is 0 Å². The standard InChI is InChI=1S/C12H11N5/c1-7-6-9(8(2)17-16-7)11-14-10-4-3-5-13-12(10)15-11/h3-6H,1-2H3,(H,13,14,15). The van der Waals surface area contributed by atoms with E-state index in [0.717, 1.165) is 33.9 Å². The minimum absolute atomic E-state index is 0.719. The third-order valence-electron chi connectivity index (χ3n) is 2.61. The first-order valence-corrected chi connectivity index (χ1v) is 5.36. The Kier molecular flexibility index (Phi) is 2.11. The first-order valence-electron chi connectivity index (χ1n) is 5.36. The third kappa shape index (κ3) is 1.65. The van der Waals surface area contributed by atoms with Gasteiger partial charge in [-0.3, -0.25) is 0 Å². The van der Waals surface area contributed by atoms with Gasteiger partial charge in [-0.25, -0.2) is 9.97 Å². The maximum atomic E-state index is 4.45. The molecule has 5 heteroatoms. The maximum Gasteiger partial charge on any atom is 0.178 e. The molecule has 17 heavy (non-hydrogen) atoms. The van der Waals surface area contributed by atoms with Crippen molar-refractivity contribution in [3.05, 3.63) is 35.8 Å². The molecule has 84 valence electrons. The Hall–Kier alpha value is -2.30. The molecule has 3 aromatic rings. The van der Waals surface area contributed by atoms with Crippen LogP contribution in [-0.4, -0.2) is 25.1 Å². The van der Waals surface area contributed by atoms with Gasteiger partial charge >= 0.3 is 0 Å². The van der Waals surface area contributed by atoms with Crippen molar-refractivity contribution in [2.75, 3.05) is 0 Å². The Morgan fingerprint density at radius 2 is 2.06 bits per heavy atom. The van der Waals surface area contributed by atoms with Crippen LogP contribution in [0.2, 0.25) is 0 Å². The van der Waals surface area contributed by atoms with Crippen molar-refractivity contribution in [1.29, 1.82) is 0 Å². The third-order valence-corrected chi connectivity index (χ3v) is 2.61. The van der Waals surface area contributed by atoms with Gasteiger partial charge < -0.3 is 4.98 Å². The SMILES string of the molecule is Cc1cc(-c2nc3ncccc3[nH]2)c(C)nn1. The van der Waals surface area contributed by atoms with E-state index in [1.807, 2.05) is 32.0 Å². The second-order valence-corrected chi connectivity index (χ2v) is 3.94. The van der Waals surface area contributed by atoms with Crippen LogP contribution in [0.4, 0.5) is 0 Å². The van der Waals surface area contributed by atoms with E-state index in [0.29, 0.717) is 0 Å². The summed E-state index contributed by atoms with van der Waals surface area (Å²) in [4.78, 5) is 11.9. The Balaban J connectivity index is 2.23. The molecular formula is C12H11N5. The zero-order valence-corrected chi connectivity index (χ0v) is 9.60. The predicted molar refractivity (Wildman–Crippen MR) is 64.4 cm³/mol. The van der Waals surface area contributed by atoms with Gasteiger partial charge in [-0.1, -0.05) is 0 Å². The van der Waals surface area contributed by atoms with Crippen molar-refractivity contribution < 1.29 is 0 Å². The van der Waals surface area contributed by atoms with Crippen LogP contribution >= 0.6 is 0 Å². The zero-order valence-electron chi connectivity index (χ0n) is 9.60. The van der Waals surface area contributed by atoms with Crippen LogP contribution in [0.15, 0.2) is 24.4 Å². The molecule has 0 spiro atoms. The molecule has 0 saturated heterocycles. The lowest BCUT2D eigenvalue weighted by molar-refractivity contribution is 0.940. The lowest BCUT2D eigenvalue weighted by Crippen LogP contribution is -1.94. The van der Waals surface area contributed by atoms with Crippen molar-refractivity contribution in [3.63, 3.8) is 0 Å². The molecule has 0 aromatic carbocycles. The van der Waals surface area contributed by atoms with E-state index < -0.39 is 0 Å². The van der Waals surface area contributed by atoms with Crippen molar-refractivity contribution in [2.45, 2.75) is 13.8 Å². The highest BCUT2D eigenvalue weighted by Crippen LogP contribution is 2.21. The van der Waals surface area contributed by atoms with Crippen molar-refractivity contribution in [2.24, 2.45) is 0 Å². The molecule has 0 aliphatic heterocycles. The molecule has 0 radical (unpaired) electrons. The summed E-state index contributed by atoms with van der Waals surface area (Å²) in [5, 5.41) is 8.11. The number of aryl methyl sites for hydroxylation is 2. The van der Waals surface area contributed by atoms with Crippen LogP contribution < -0.4 is 0 Å². The van der Waals surface area contributed by atoms with Crippen molar-refractivity contribution in [3.8, 4) is 11.4 Å². The molecule has 0 aliphatic rings. The number of rotatable bonds is 1. The largest absolute Gasteiger partial charge is 0.337 e. The number of nitrogens with zero attached hydrogens (tertiary/aromatic N) is 4. The lowest BCUT2D eigenvalue weighted by atomic mass is 10.2. The number of imidazole rings is 1. The van der Waals surface area contributed by atoms with Crippen LogP contribution in [0.1, 0.15) is 11.4 Å². The smallest absolute Gasteiger partial charge is 0.178 e. The average molecular weight is 225 g/mol. The van der Waals surface area contributed by atoms with Gasteiger partial charge in [0, 0.05) is 11.8 Å². The molecule has 0 bridgehead atoms. The highest BCUT2D eigenvalue weighted by atomic mass is 15.1. The number of pyridine rings is 1. The number of nitrogens with one attached hydrogen (secondary N) is 1. The lowest BCUT2D eigenvalue weighted by Gasteiger charge is -2.00. The van der Waals surface area contributed by atoms with Gasteiger partial charge in [0.2, 0.25) is 0 Å². The first-order chi connectivity index (χ1) is 8.24. The van der Waals surface area contributed by atoms with Crippen LogP contribution in [0.25, 0.3) is 22.6 Å². The Morgan fingerprint density at radius 3 is 2.88 bits per heavy atom. The number of hydrogen-bond donors (Lipinski definition) is 1. The van der Waals surface area contributed by atoms with E-state index in [1.165, 1.54) is 0 Å². The van der Waals surface area contributed by atoms with E-state index in [4.69, 9.17) is 0 Å².